The van der Waals surface area contributed by atoms with Crippen LogP contribution in [0.1, 0.15) is 5.56 Å². The molecule has 1 rings (SSSR count). The van der Waals surface area contributed by atoms with Gasteiger partial charge in [0.05, 0.1) is 37.3 Å². The van der Waals surface area contributed by atoms with Crippen molar-refractivity contribution in [2.75, 3.05) is 44.5 Å². The number of nitrogen functional groups attached to an aromatic ring is 1. The highest BCUT2D eigenvalue weighted by atomic mass is 16.5. The third-order valence-corrected chi connectivity index (χ3v) is 2.00. The van der Waals surface area contributed by atoms with Crippen LogP contribution in [0.15, 0.2) is 12.3 Å². The van der Waals surface area contributed by atoms with Crippen LogP contribution >= 0.6 is 0 Å². The van der Waals surface area contributed by atoms with Crippen molar-refractivity contribution in [3.8, 4) is 6.07 Å². The molecule has 0 radical (unpaired) electrons. The van der Waals surface area contributed by atoms with E-state index in [4.69, 9.17) is 20.5 Å². The van der Waals surface area contributed by atoms with Crippen molar-refractivity contribution >= 4 is 11.5 Å². The van der Waals surface area contributed by atoms with Gasteiger partial charge in [-0.25, -0.2) is 4.98 Å². The molecule has 0 atom stereocenters. The van der Waals surface area contributed by atoms with Gasteiger partial charge in [0.25, 0.3) is 0 Å². The third-order valence-electron chi connectivity index (χ3n) is 2.00. The highest BCUT2D eigenvalue weighted by molar-refractivity contribution is 5.57. The lowest BCUT2D eigenvalue weighted by Crippen LogP contribution is -2.13. The number of nitrogens with one attached hydrogen (secondary N) is 1. The predicted molar refractivity (Wildman–Crippen MR) is 64.5 cm³/mol. The van der Waals surface area contributed by atoms with Crippen molar-refractivity contribution in [2.45, 2.75) is 0 Å². The van der Waals surface area contributed by atoms with E-state index in [9.17, 15) is 0 Å². The lowest BCUT2D eigenvalue weighted by atomic mass is 10.2. The maximum Gasteiger partial charge on any atom is 0.144 e. The fourth-order valence-corrected chi connectivity index (χ4v) is 1.19. The quantitative estimate of drug-likeness (QED) is 0.674. The molecule has 0 aromatic carbocycles. The Morgan fingerprint density at radius 2 is 2.29 bits per heavy atom. The topological polar surface area (TPSA) is 93.2 Å². The van der Waals surface area contributed by atoms with E-state index in [-0.39, 0.29) is 0 Å². The molecule has 1 heterocycles. The zero-order valence-electron chi connectivity index (χ0n) is 9.77. The molecule has 6 heteroatoms. The lowest BCUT2D eigenvalue weighted by molar-refractivity contribution is 0.0759. The fraction of sp³-hybridized carbons (Fsp3) is 0.455. The van der Waals surface area contributed by atoms with Gasteiger partial charge in [0.1, 0.15) is 11.9 Å². The van der Waals surface area contributed by atoms with Crippen molar-refractivity contribution < 1.29 is 9.47 Å². The second kappa shape index (κ2) is 7.44. The van der Waals surface area contributed by atoms with E-state index in [0.717, 1.165) is 0 Å². The Morgan fingerprint density at radius 1 is 1.47 bits per heavy atom. The average molecular weight is 236 g/mol. The van der Waals surface area contributed by atoms with Crippen molar-refractivity contribution in [1.82, 2.24) is 4.98 Å². The predicted octanol–water partition coefficient (Wildman–Crippen LogP) is 0.610. The smallest absolute Gasteiger partial charge is 0.144 e. The number of aromatic nitrogens is 1. The Labute approximate surface area is 100 Å². The van der Waals surface area contributed by atoms with E-state index in [1.165, 1.54) is 6.20 Å². The minimum atomic E-state index is 0.432. The van der Waals surface area contributed by atoms with E-state index < -0.39 is 0 Å². The summed E-state index contributed by atoms with van der Waals surface area (Å²) in [5, 5.41) is 11.9. The average Bonchev–Trinajstić information content (AvgIpc) is 2.35. The highest BCUT2D eigenvalue weighted by Crippen LogP contribution is 2.13. The number of nitrogens with zero attached hydrogens (tertiary/aromatic N) is 2. The molecule has 0 bridgehead atoms. The number of hydrogen-bond donors (Lipinski definition) is 2. The largest absolute Gasteiger partial charge is 0.397 e. The Kier molecular flexibility index (Phi) is 5.79. The molecule has 0 spiro atoms. The summed E-state index contributed by atoms with van der Waals surface area (Å²) in [6, 6.07) is 3.62. The number of hydrogen-bond acceptors (Lipinski definition) is 6. The zero-order valence-corrected chi connectivity index (χ0v) is 9.77. The van der Waals surface area contributed by atoms with Crippen LogP contribution in [0.5, 0.6) is 0 Å². The molecule has 3 N–H and O–H groups in total. The molecule has 0 saturated heterocycles. The third kappa shape index (κ3) is 4.68. The number of rotatable bonds is 7. The molecule has 1 aromatic heterocycles. The van der Waals surface area contributed by atoms with Gasteiger partial charge >= 0.3 is 0 Å². The van der Waals surface area contributed by atoms with Crippen LogP contribution in [0, 0.1) is 11.3 Å². The summed E-state index contributed by atoms with van der Waals surface area (Å²) < 4.78 is 10.1. The second-order valence-electron chi connectivity index (χ2n) is 3.31. The van der Waals surface area contributed by atoms with Gasteiger partial charge in [-0.2, -0.15) is 5.26 Å². The summed E-state index contributed by atoms with van der Waals surface area (Å²) in [6.45, 7) is 2.23. The van der Waals surface area contributed by atoms with Gasteiger partial charge in [-0.1, -0.05) is 0 Å². The summed E-state index contributed by atoms with van der Waals surface area (Å²) in [4.78, 5) is 4.04. The SMILES string of the molecule is COCCOCCNc1ncc(N)cc1C#N. The Bertz CT molecular complexity index is 390. The molecular weight excluding hydrogens is 220 g/mol. The first-order valence-electron chi connectivity index (χ1n) is 5.24. The molecule has 92 valence electrons. The number of nitrogens with two attached hydrogens (primary N) is 1. The van der Waals surface area contributed by atoms with Crippen LogP contribution in [0.25, 0.3) is 0 Å². The molecule has 0 aliphatic carbocycles. The van der Waals surface area contributed by atoms with Crippen molar-refractivity contribution in [3.05, 3.63) is 17.8 Å². The van der Waals surface area contributed by atoms with E-state index in [0.29, 0.717) is 43.4 Å². The van der Waals surface area contributed by atoms with Crippen LogP contribution in [-0.4, -0.2) is 38.5 Å². The van der Waals surface area contributed by atoms with Gasteiger partial charge in [-0.05, 0) is 6.07 Å². The van der Waals surface area contributed by atoms with Crippen LogP contribution in [0.4, 0.5) is 11.5 Å². The van der Waals surface area contributed by atoms with Crippen LogP contribution in [0.3, 0.4) is 0 Å². The summed E-state index contributed by atoms with van der Waals surface area (Å²) in [7, 11) is 1.62. The van der Waals surface area contributed by atoms with Gasteiger partial charge in [0, 0.05) is 13.7 Å². The first-order valence-corrected chi connectivity index (χ1v) is 5.24. The number of anilines is 2. The fourth-order valence-electron chi connectivity index (χ4n) is 1.19. The molecular formula is C11H16N4O2. The molecule has 0 amide bonds. The van der Waals surface area contributed by atoms with Gasteiger partial charge in [-0.3, -0.25) is 0 Å². The van der Waals surface area contributed by atoms with Crippen LogP contribution in [0.2, 0.25) is 0 Å². The Hall–Kier alpha value is -1.84. The standard InChI is InChI=1S/C11H16N4O2/c1-16-4-5-17-3-2-14-11-9(7-12)6-10(13)8-15-11/h6,8H,2-5,13H2,1H3,(H,14,15). The van der Waals surface area contributed by atoms with Crippen molar-refractivity contribution in [1.29, 1.82) is 5.26 Å². The highest BCUT2D eigenvalue weighted by Gasteiger charge is 2.02. The molecule has 0 aliphatic heterocycles. The van der Waals surface area contributed by atoms with E-state index >= 15 is 0 Å². The first-order chi connectivity index (χ1) is 8.27. The maximum absolute atomic E-state index is 8.88. The molecule has 0 fully saturated rings. The minimum Gasteiger partial charge on any atom is -0.397 e. The van der Waals surface area contributed by atoms with Gasteiger partial charge < -0.3 is 20.5 Å². The monoisotopic (exact) mass is 236 g/mol. The summed E-state index contributed by atoms with van der Waals surface area (Å²) in [5.41, 5.74) is 6.44. The molecule has 0 aliphatic rings. The van der Waals surface area contributed by atoms with Crippen molar-refractivity contribution in [3.63, 3.8) is 0 Å². The van der Waals surface area contributed by atoms with Crippen LogP contribution in [-0.2, 0) is 9.47 Å². The Morgan fingerprint density at radius 3 is 3.00 bits per heavy atom. The summed E-state index contributed by atoms with van der Waals surface area (Å²) >= 11 is 0. The molecule has 0 unspecified atom stereocenters. The first kappa shape index (κ1) is 13.2. The molecule has 17 heavy (non-hydrogen) atoms. The van der Waals surface area contributed by atoms with Gasteiger partial charge in [0.2, 0.25) is 0 Å². The minimum absolute atomic E-state index is 0.432. The second-order valence-corrected chi connectivity index (χ2v) is 3.31. The normalized spacial score (nSPS) is 9.88. The Balaban J connectivity index is 2.34. The molecule has 1 aromatic rings. The van der Waals surface area contributed by atoms with Crippen LogP contribution < -0.4 is 11.1 Å². The molecule has 6 nitrogen and oxygen atoms in total. The lowest BCUT2D eigenvalue weighted by Gasteiger charge is -2.08. The number of ether oxygens (including phenoxy) is 2. The zero-order chi connectivity index (χ0) is 12.5. The molecule has 0 saturated carbocycles. The van der Waals surface area contributed by atoms with E-state index in [1.54, 1.807) is 13.2 Å². The maximum atomic E-state index is 8.88. The van der Waals surface area contributed by atoms with Crippen molar-refractivity contribution in [2.24, 2.45) is 0 Å². The number of nitriles is 1. The number of methoxy groups -OCH3 is 1. The van der Waals surface area contributed by atoms with E-state index in [2.05, 4.69) is 10.3 Å². The number of pyridine rings is 1. The van der Waals surface area contributed by atoms with E-state index in [1.807, 2.05) is 6.07 Å². The van der Waals surface area contributed by atoms with Gasteiger partial charge in [-0.15, -0.1) is 0 Å². The summed E-state index contributed by atoms with van der Waals surface area (Å²) in [5.74, 6) is 0.525. The van der Waals surface area contributed by atoms with Gasteiger partial charge in [0.15, 0.2) is 0 Å². The summed E-state index contributed by atoms with van der Waals surface area (Å²) in [6.07, 6.45) is 1.51.